The third-order valence-electron chi connectivity index (χ3n) is 4.26. The summed E-state index contributed by atoms with van der Waals surface area (Å²) in [6.07, 6.45) is 2.04. The summed E-state index contributed by atoms with van der Waals surface area (Å²) >= 11 is 5.13. The van der Waals surface area contributed by atoms with Crippen LogP contribution in [0.4, 0.5) is 0 Å². The Balaban J connectivity index is 1.84. The van der Waals surface area contributed by atoms with Crippen molar-refractivity contribution < 1.29 is 4.79 Å². The predicted molar refractivity (Wildman–Crippen MR) is 105 cm³/mol. The van der Waals surface area contributed by atoms with Gasteiger partial charge in [-0.05, 0) is 24.3 Å². The molecule has 25 heavy (non-hydrogen) atoms. The number of nitrogens with zero attached hydrogens (tertiary/aromatic N) is 3. The highest BCUT2D eigenvalue weighted by Gasteiger charge is 2.33. The monoisotopic (exact) mass is 413 g/mol. The zero-order valence-electron chi connectivity index (χ0n) is 13.6. The van der Waals surface area contributed by atoms with E-state index in [1.54, 1.807) is 16.7 Å². The maximum absolute atomic E-state index is 12.0. The van der Waals surface area contributed by atoms with Crippen molar-refractivity contribution >= 4 is 33.6 Å². The number of hydrogen-bond donors (Lipinski definition) is 0. The number of hydrogen-bond acceptors (Lipinski definition) is 3. The Hall–Kier alpha value is -2.05. The van der Waals surface area contributed by atoms with Crippen LogP contribution in [0.15, 0.2) is 65.3 Å². The second-order valence-corrected chi connectivity index (χ2v) is 7.87. The van der Waals surface area contributed by atoms with Crippen molar-refractivity contribution in [3.05, 3.63) is 70.8 Å². The highest BCUT2D eigenvalue weighted by atomic mass is 79.9. The molecule has 1 aliphatic heterocycles. The van der Waals surface area contributed by atoms with E-state index in [0.29, 0.717) is 5.75 Å². The first kappa shape index (κ1) is 16.4. The molecule has 4 rings (SSSR count). The summed E-state index contributed by atoms with van der Waals surface area (Å²) in [5, 5.41) is 4.82. The number of halogens is 1. The standard InChI is InChI=1S/C19H16BrN3OS/c1-22-17(24)12-25-19(22)16-11-23(15-5-3-2-4-6-15)21-18(16)13-7-9-14(20)10-8-13/h2-11,19H,12H2,1H3. The maximum atomic E-state index is 12.0. The van der Waals surface area contributed by atoms with E-state index in [9.17, 15) is 4.79 Å². The maximum Gasteiger partial charge on any atom is 0.233 e. The number of benzene rings is 2. The van der Waals surface area contributed by atoms with Gasteiger partial charge in [0.05, 0.1) is 17.1 Å². The summed E-state index contributed by atoms with van der Waals surface area (Å²) < 4.78 is 2.92. The first-order valence-corrected chi connectivity index (χ1v) is 9.76. The Morgan fingerprint density at radius 1 is 1.12 bits per heavy atom. The highest BCUT2D eigenvalue weighted by Crippen LogP contribution is 2.41. The molecule has 126 valence electrons. The number of carbonyl (C=O) groups excluding carboxylic acids is 1. The first-order chi connectivity index (χ1) is 12.1. The lowest BCUT2D eigenvalue weighted by Gasteiger charge is -2.18. The van der Waals surface area contributed by atoms with Crippen molar-refractivity contribution in [1.29, 1.82) is 0 Å². The van der Waals surface area contributed by atoms with Crippen molar-refractivity contribution in [1.82, 2.24) is 14.7 Å². The Morgan fingerprint density at radius 2 is 1.84 bits per heavy atom. The topological polar surface area (TPSA) is 38.1 Å². The van der Waals surface area contributed by atoms with Gasteiger partial charge in [0.25, 0.3) is 0 Å². The van der Waals surface area contributed by atoms with Crippen molar-refractivity contribution in [2.75, 3.05) is 12.8 Å². The van der Waals surface area contributed by atoms with Crippen LogP contribution in [0, 0.1) is 0 Å². The summed E-state index contributed by atoms with van der Waals surface area (Å²) in [5.41, 5.74) is 4.02. The molecule has 1 aromatic heterocycles. The largest absolute Gasteiger partial charge is 0.329 e. The highest BCUT2D eigenvalue weighted by molar-refractivity contribution is 9.10. The van der Waals surface area contributed by atoms with Gasteiger partial charge in [-0.2, -0.15) is 5.10 Å². The van der Waals surface area contributed by atoms with Crippen LogP contribution in [0.2, 0.25) is 0 Å². The quantitative estimate of drug-likeness (QED) is 0.633. The van der Waals surface area contributed by atoms with Crippen LogP contribution in [0.1, 0.15) is 10.9 Å². The van der Waals surface area contributed by atoms with Crippen LogP contribution in [-0.4, -0.2) is 33.4 Å². The van der Waals surface area contributed by atoms with Crippen LogP contribution in [-0.2, 0) is 4.79 Å². The number of carbonyl (C=O) groups is 1. The fourth-order valence-corrected chi connectivity index (χ4v) is 4.37. The third-order valence-corrected chi connectivity index (χ3v) is 6.09. The molecule has 0 N–H and O–H groups in total. The summed E-state index contributed by atoms with van der Waals surface area (Å²) in [4.78, 5) is 13.8. The third kappa shape index (κ3) is 3.12. The molecule has 1 amide bonds. The average Bonchev–Trinajstić information content (AvgIpc) is 3.21. The fourth-order valence-electron chi connectivity index (χ4n) is 2.91. The van der Waals surface area contributed by atoms with E-state index in [2.05, 4.69) is 15.9 Å². The SMILES string of the molecule is CN1C(=O)CSC1c1cn(-c2ccccc2)nc1-c1ccc(Br)cc1. The van der Waals surface area contributed by atoms with E-state index < -0.39 is 0 Å². The van der Waals surface area contributed by atoms with Gasteiger partial charge in [-0.25, -0.2) is 4.68 Å². The number of amides is 1. The summed E-state index contributed by atoms with van der Waals surface area (Å²) in [5.74, 6) is 0.668. The molecular formula is C19H16BrN3OS. The van der Waals surface area contributed by atoms with Crippen LogP contribution in [0.3, 0.4) is 0 Å². The number of para-hydroxylation sites is 1. The van der Waals surface area contributed by atoms with Crippen LogP contribution < -0.4 is 0 Å². The van der Waals surface area contributed by atoms with Gasteiger partial charge in [0.1, 0.15) is 5.37 Å². The van der Waals surface area contributed by atoms with Crippen molar-refractivity contribution in [3.63, 3.8) is 0 Å². The Morgan fingerprint density at radius 3 is 2.48 bits per heavy atom. The minimum atomic E-state index is -0.0105. The molecule has 2 aromatic carbocycles. The van der Waals surface area contributed by atoms with Crippen molar-refractivity contribution in [2.24, 2.45) is 0 Å². The van der Waals surface area contributed by atoms with E-state index in [4.69, 9.17) is 5.10 Å². The van der Waals surface area contributed by atoms with Gasteiger partial charge in [-0.1, -0.05) is 46.3 Å². The molecular weight excluding hydrogens is 398 g/mol. The average molecular weight is 414 g/mol. The lowest BCUT2D eigenvalue weighted by molar-refractivity contribution is -0.126. The van der Waals surface area contributed by atoms with Crippen LogP contribution in [0.25, 0.3) is 16.9 Å². The summed E-state index contributed by atoms with van der Waals surface area (Å²) in [7, 11) is 1.86. The molecule has 0 spiro atoms. The molecule has 1 aliphatic rings. The van der Waals surface area contributed by atoms with Gasteiger partial charge in [-0.3, -0.25) is 4.79 Å². The van der Waals surface area contributed by atoms with Gasteiger partial charge < -0.3 is 4.90 Å². The van der Waals surface area contributed by atoms with Crippen LogP contribution in [0.5, 0.6) is 0 Å². The van der Waals surface area contributed by atoms with Gasteiger partial charge >= 0.3 is 0 Å². The minimum absolute atomic E-state index is 0.0105. The van der Waals surface area contributed by atoms with Crippen molar-refractivity contribution in [2.45, 2.75) is 5.37 Å². The minimum Gasteiger partial charge on any atom is -0.329 e. The molecule has 0 aliphatic carbocycles. The lowest BCUT2D eigenvalue weighted by Crippen LogP contribution is -2.23. The molecule has 6 heteroatoms. The molecule has 1 saturated heterocycles. The van der Waals surface area contributed by atoms with Gasteiger partial charge in [0.2, 0.25) is 5.91 Å². The molecule has 0 bridgehead atoms. The molecule has 3 aromatic rings. The lowest BCUT2D eigenvalue weighted by atomic mass is 10.1. The van der Waals surface area contributed by atoms with E-state index in [-0.39, 0.29) is 11.3 Å². The van der Waals surface area contributed by atoms with Gasteiger partial charge in [-0.15, -0.1) is 11.8 Å². The first-order valence-electron chi connectivity index (χ1n) is 7.91. The van der Waals surface area contributed by atoms with Gasteiger partial charge in [0.15, 0.2) is 0 Å². The summed E-state index contributed by atoms with van der Waals surface area (Å²) in [6.45, 7) is 0. The number of thioether (sulfide) groups is 1. The normalized spacial score (nSPS) is 17.3. The van der Waals surface area contributed by atoms with Crippen molar-refractivity contribution in [3.8, 4) is 16.9 Å². The fraction of sp³-hybridized carbons (Fsp3) is 0.158. The molecule has 0 saturated carbocycles. The Kier molecular flexibility index (Phi) is 4.39. The Bertz CT molecular complexity index is 908. The summed E-state index contributed by atoms with van der Waals surface area (Å²) in [6, 6.07) is 18.2. The van der Waals surface area contributed by atoms with E-state index in [1.807, 2.05) is 72.5 Å². The molecule has 4 nitrogen and oxygen atoms in total. The zero-order valence-corrected chi connectivity index (χ0v) is 16.0. The molecule has 1 fully saturated rings. The second kappa shape index (κ2) is 6.69. The zero-order chi connectivity index (χ0) is 17.4. The number of aromatic nitrogens is 2. The molecule has 2 heterocycles. The van der Waals surface area contributed by atoms with E-state index in [1.165, 1.54) is 0 Å². The second-order valence-electron chi connectivity index (χ2n) is 5.89. The van der Waals surface area contributed by atoms with Crippen LogP contribution >= 0.6 is 27.7 Å². The molecule has 0 radical (unpaired) electrons. The Labute approximate surface area is 159 Å². The van der Waals surface area contributed by atoms with E-state index >= 15 is 0 Å². The van der Waals surface area contributed by atoms with Gasteiger partial charge in [0, 0.05) is 28.8 Å². The number of rotatable bonds is 3. The molecule has 1 atom stereocenters. The van der Waals surface area contributed by atoms with E-state index in [0.717, 1.165) is 27.0 Å². The predicted octanol–water partition coefficient (Wildman–Crippen LogP) is 4.51. The smallest absolute Gasteiger partial charge is 0.233 e. The molecule has 1 unspecified atom stereocenters.